The Kier molecular flexibility index (Phi) is 2.65. The van der Waals surface area contributed by atoms with Gasteiger partial charge in [-0.05, 0) is 12.3 Å². The van der Waals surface area contributed by atoms with Crippen molar-refractivity contribution in [3.05, 3.63) is 23.1 Å². The topological polar surface area (TPSA) is 37.8 Å². The second-order valence-corrected chi connectivity index (χ2v) is 4.14. The van der Waals surface area contributed by atoms with Gasteiger partial charge in [-0.15, -0.1) is 12.4 Å². The summed E-state index contributed by atoms with van der Waals surface area (Å²) >= 11 is 0. The van der Waals surface area contributed by atoms with Gasteiger partial charge in [0.15, 0.2) is 0 Å². The first kappa shape index (κ1) is 10.4. The second kappa shape index (κ2) is 3.81. The first-order valence-corrected chi connectivity index (χ1v) is 5.10. The smallest absolute Gasteiger partial charge is 0.116 e. The molecule has 2 atom stereocenters. The Morgan fingerprint density at radius 1 is 1.47 bits per heavy atom. The summed E-state index contributed by atoms with van der Waals surface area (Å²) in [6.45, 7) is 3.38. The molecule has 3 rings (SSSR count). The van der Waals surface area contributed by atoms with Crippen LogP contribution in [0.15, 0.2) is 12.5 Å². The average Bonchev–Trinajstić information content (AvgIpc) is 2.61. The molecule has 0 radical (unpaired) electrons. The molecule has 2 unspecified atom stereocenters. The van der Waals surface area contributed by atoms with Crippen LogP contribution in [0.2, 0.25) is 0 Å². The first-order chi connectivity index (χ1) is 6.86. The minimum atomic E-state index is 0. The number of nitrogens with one attached hydrogen (secondary N) is 1. The summed E-state index contributed by atoms with van der Waals surface area (Å²) in [4.78, 5) is 8.37. The minimum Gasteiger partial charge on any atom is -0.387 e. The Morgan fingerprint density at radius 2 is 2.33 bits per heavy atom. The fraction of sp³-hybridized carbons (Fsp3) is 0.455. The quantitative estimate of drug-likeness (QED) is 0.676. The van der Waals surface area contributed by atoms with Crippen LogP contribution in [0.1, 0.15) is 13.3 Å². The van der Waals surface area contributed by atoms with E-state index in [1.165, 1.54) is 10.9 Å². The maximum atomic E-state index is 4.28. The molecule has 0 bridgehead atoms. The van der Waals surface area contributed by atoms with E-state index in [4.69, 9.17) is 0 Å². The molecule has 1 N–H and O–H groups in total. The van der Waals surface area contributed by atoms with E-state index in [2.05, 4.69) is 28.3 Å². The van der Waals surface area contributed by atoms with E-state index in [1.54, 1.807) is 6.33 Å². The van der Waals surface area contributed by atoms with Gasteiger partial charge < -0.3 is 5.32 Å². The molecule has 1 aromatic rings. The zero-order valence-electron chi connectivity index (χ0n) is 8.60. The minimum absolute atomic E-state index is 0. The number of rotatable bonds is 0. The summed E-state index contributed by atoms with van der Waals surface area (Å²) in [6.07, 6.45) is 6.89. The molecule has 4 heteroatoms. The molecular formula is C11H14ClN3. The van der Waals surface area contributed by atoms with Crippen LogP contribution in [0.4, 0.5) is 0 Å². The van der Waals surface area contributed by atoms with Gasteiger partial charge in [0, 0.05) is 29.6 Å². The highest BCUT2D eigenvalue weighted by atomic mass is 35.5. The van der Waals surface area contributed by atoms with Crippen LogP contribution in [0.25, 0.3) is 11.8 Å². The molecule has 0 amide bonds. The van der Waals surface area contributed by atoms with Gasteiger partial charge in [0.1, 0.15) is 6.33 Å². The third-order valence-corrected chi connectivity index (χ3v) is 3.27. The maximum Gasteiger partial charge on any atom is 0.116 e. The molecule has 15 heavy (non-hydrogen) atoms. The second-order valence-electron chi connectivity index (χ2n) is 4.14. The van der Waals surface area contributed by atoms with E-state index in [9.17, 15) is 0 Å². The van der Waals surface area contributed by atoms with Crippen molar-refractivity contribution in [2.75, 3.05) is 6.54 Å². The summed E-state index contributed by atoms with van der Waals surface area (Å²) < 4.78 is 0. The maximum absolute atomic E-state index is 4.28. The van der Waals surface area contributed by atoms with E-state index in [-0.39, 0.29) is 12.4 Å². The van der Waals surface area contributed by atoms with Gasteiger partial charge in [0.25, 0.3) is 0 Å². The van der Waals surface area contributed by atoms with Crippen LogP contribution in [0.3, 0.4) is 0 Å². The Morgan fingerprint density at radius 3 is 3.20 bits per heavy atom. The Balaban J connectivity index is 0.000000853. The molecule has 1 fully saturated rings. The monoisotopic (exact) mass is 223 g/mol. The highest BCUT2D eigenvalue weighted by Crippen LogP contribution is 2.29. The predicted molar refractivity (Wildman–Crippen MR) is 61.7 cm³/mol. The van der Waals surface area contributed by atoms with Crippen LogP contribution in [0, 0.1) is 11.8 Å². The lowest BCUT2D eigenvalue weighted by Gasteiger charge is -2.16. The van der Waals surface area contributed by atoms with E-state index in [1.807, 2.05) is 6.20 Å². The summed E-state index contributed by atoms with van der Waals surface area (Å²) in [7, 11) is 0. The molecule has 0 spiro atoms. The van der Waals surface area contributed by atoms with Crippen molar-refractivity contribution in [1.82, 2.24) is 15.3 Å². The molecule has 1 aliphatic heterocycles. The van der Waals surface area contributed by atoms with Gasteiger partial charge in [-0.1, -0.05) is 13.0 Å². The molecule has 1 aromatic heterocycles. The van der Waals surface area contributed by atoms with Gasteiger partial charge in [0.05, 0.1) is 5.35 Å². The standard InChI is InChI=1S/C11H13N3.ClH/c1-7-4-13-11-8(7)2-3-10-9(11)5-12-6-14-10;/h3,5-8,13H,2,4H2,1H3;1H. The zero-order chi connectivity index (χ0) is 9.54. The average molecular weight is 224 g/mol. The lowest BCUT2D eigenvalue weighted by molar-refractivity contribution is 0.506. The van der Waals surface area contributed by atoms with Crippen LogP contribution >= 0.6 is 12.4 Å². The van der Waals surface area contributed by atoms with Crippen LogP contribution in [0.5, 0.6) is 0 Å². The highest BCUT2D eigenvalue weighted by molar-refractivity contribution is 5.85. The molecule has 80 valence electrons. The third kappa shape index (κ3) is 1.51. The summed E-state index contributed by atoms with van der Waals surface area (Å²) in [5.41, 5.74) is 1.36. The Hall–Kier alpha value is -1.09. The fourth-order valence-electron chi connectivity index (χ4n) is 2.42. The van der Waals surface area contributed by atoms with E-state index < -0.39 is 0 Å². The summed E-state index contributed by atoms with van der Waals surface area (Å²) in [5, 5.41) is 5.77. The van der Waals surface area contributed by atoms with Crippen LogP contribution in [-0.4, -0.2) is 16.5 Å². The van der Waals surface area contributed by atoms with Gasteiger partial charge in [0.2, 0.25) is 0 Å². The van der Waals surface area contributed by atoms with E-state index >= 15 is 0 Å². The number of nitrogens with zero attached hydrogens (tertiary/aromatic N) is 2. The third-order valence-electron chi connectivity index (χ3n) is 3.27. The molecule has 0 aromatic carbocycles. The van der Waals surface area contributed by atoms with Crippen molar-refractivity contribution >= 4 is 24.2 Å². The number of hydrogen-bond donors (Lipinski definition) is 1. The Labute approximate surface area is 94.7 Å². The number of hydrogen-bond acceptors (Lipinski definition) is 3. The van der Waals surface area contributed by atoms with Gasteiger partial charge in [-0.25, -0.2) is 9.97 Å². The largest absolute Gasteiger partial charge is 0.387 e. The van der Waals surface area contributed by atoms with Crippen molar-refractivity contribution < 1.29 is 0 Å². The first-order valence-electron chi connectivity index (χ1n) is 5.10. The van der Waals surface area contributed by atoms with Gasteiger partial charge >= 0.3 is 0 Å². The van der Waals surface area contributed by atoms with Crippen LogP contribution in [-0.2, 0) is 0 Å². The SMILES string of the molecule is CC1CNC2=c3cncnc3=CCC21.Cl. The number of fused-ring (bicyclic) bond motifs is 2. The molecular weight excluding hydrogens is 210 g/mol. The normalized spacial score (nSPS) is 26.9. The number of halogens is 1. The predicted octanol–water partition coefficient (Wildman–Crippen LogP) is 0.0463. The summed E-state index contributed by atoms with van der Waals surface area (Å²) in [5.74, 6) is 1.39. The molecule has 1 saturated heterocycles. The van der Waals surface area contributed by atoms with E-state index in [0.717, 1.165) is 24.2 Å². The van der Waals surface area contributed by atoms with Crippen molar-refractivity contribution in [1.29, 1.82) is 0 Å². The van der Waals surface area contributed by atoms with Gasteiger partial charge in [-0.3, -0.25) is 0 Å². The summed E-state index contributed by atoms with van der Waals surface area (Å²) in [6, 6.07) is 0. The van der Waals surface area contributed by atoms with Gasteiger partial charge in [-0.2, -0.15) is 0 Å². The van der Waals surface area contributed by atoms with Crippen molar-refractivity contribution in [2.24, 2.45) is 11.8 Å². The highest BCUT2D eigenvalue weighted by Gasteiger charge is 2.29. The van der Waals surface area contributed by atoms with Crippen molar-refractivity contribution in [3.8, 4) is 0 Å². The molecule has 0 saturated carbocycles. The van der Waals surface area contributed by atoms with E-state index in [0.29, 0.717) is 5.92 Å². The van der Waals surface area contributed by atoms with Crippen LogP contribution < -0.4 is 15.9 Å². The lowest BCUT2D eigenvalue weighted by Crippen LogP contribution is -2.37. The zero-order valence-corrected chi connectivity index (χ0v) is 9.42. The molecule has 2 heterocycles. The molecule has 2 aliphatic rings. The van der Waals surface area contributed by atoms with Crippen molar-refractivity contribution in [2.45, 2.75) is 13.3 Å². The fourth-order valence-corrected chi connectivity index (χ4v) is 2.42. The Bertz CT molecular complexity index is 483. The number of aromatic nitrogens is 2. The lowest BCUT2D eigenvalue weighted by atomic mass is 9.89. The van der Waals surface area contributed by atoms with Crippen molar-refractivity contribution in [3.63, 3.8) is 0 Å². The molecule has 1 aliphatic carbocycles. The molecule has 3 nitrogen and oxygen atoms in total.